The first-order valence-electron chi connectivity index (χ1n) is 23.8. The molecule has 3 aromatic heterocycles. The molecule has 15 rings (SSSR count). The SMILES string of the molecule is C1=C(c2ccc3oc4ccccc4c3c2-n2c3ccccc3c3cc4ccccc4cc32)/N=C(c2ccc(-c3ccccc3)cc2)\N=C2\c3cccc4c5ccccc5n(c34)-c3ccccc3C2C/1. The lowest BCUT2D eigenvalue weighted by molar-refractivity contribution is 0.669. The molecular formula is C64H40N4O. The fourth-order valence-corrected chi connectivity index (χ4v) is 11.6. The smallest absolute Gasteiger partial charge is 0.160 e. The van der Waals surface area contributed by atoms with E-state index in [1.165, 1.54) is 60.2 Å². The fourth-order valence-electron chi connectivity index (χ4n) is 11.6. The molecule has 5 heteroatoms. The first-order valence-corrected chi connectivity index (χ1v) is 23.8. The molecule has 0 bridgehead atoms. The molecule has 1 unspecified atom stereocenters. The van der Waals surface area contributed by atoms with Crippen LogP contribution >= 0.6 is 0 Å². The lowest BCUT2D eigenvalue weighted by Crippen LogP contribution is -2.18. The van der Waals surface area contributed by atoms with Crippen LogP contribution in [0.2, 0.25) is 0 Å². The fraction of sp³-hybridized carbons (Fsp3) is 0.0312. The van der Waals surface area contributed by atoms with Crippen LogP contribution < -0.4 is 0 Å². The number of rotatable bonds is 4. The number of amidine groups is 1. The number of allylic oxidation sites excluding steroid dienone is 1. The van der Waals surface area contributed by atoms with E-state index in [9.17, 15) is 0 Å². The predicted molar refractivity (Wildman–Crippen MR) is 287 cm³/mol. The van der Waals surface area contributed by atoms with E-state index >= 15 is 0 Å². The molecule has 0 saturated carbocycles. The molecule has 0 spiro atoms. The molecule has 2 aliphatic rings. The summed E-state index contributed by atoms with van der Waals surface area (Å²) in [6.07, 6.45) is 3.05. The summed E-state index contributed by atoms with van der Waals surface area (Å²) in [5.41, 5.74) is 17.0. The van der Waals surface area contributed by atoms with Crippen LogP contribution in [0.4, 0.5) is 0 Å². The van der Waals surface area contributed by atoms with Crippen molar-refractivity contribution in [3.8, 4) is 22.5 Å². The number of hydrogen-bond donors (Lipinski definition) is 0. The van der Waals surface area contributed by atoms with Gasteiger partial charge in [-0.15, -0.1) is 0 Å². The van der Waals surface area contributed by atoms with Gasteiger partial charge in [-0.3, -0.25) is 0 Å². The molecule has 0 aliphatic carbocycles. The van der Waals surface area contributed by atoms with Crippen molar-refractivity contribution < 1.29 is 4.42 Å². The lowest BCUT2D eigenvalue weighted by atomic mass is 9.85. The van der Waals surface area contributed by atoms with Crippen molar-refractivity contribution in [2.75, 3.05) is 0 Å². The summed E-state index contributed by atoms with van der Waals surface area (Å²) in [7, 11) is 0. The van der Waals surface area contributed by atoms with Crippen molar-refractivity contribution in [1.82, 2.24) is 9.13 Å². The second kappa shape index (κ2) is 14.7. The number of fused-ring (bicyclic) bond motifs is 15. The highest BCUT2D eigenvalue weighted by Gasteiger charge is 2.33. The Morgan fingerprint density at radius 2 is 1.09 bits per heavy atom. The summed E-state index contributed by atoms with van der Waals surface area (Å²) in [4.78, 5) is 11.7. The number of nitrogens with zero attached hydrogens (tertiary/aromatic N) is 4. The number of hydrogen-bond acceptors (Lipinski definition) is 3. The first kappa shape index (κ1) is 38.1. The Hall–Kier alpha value is -9.06. The molecule has 1 atom stereocenters. The maximum atomic E-state index is 6.72. The van der Waals surface area contributed by atoms with Gasteiger partial charge in [0.05, 0.1) is 50.2 Å². The number of furan rings is 1. The van der Waals surface area contributed by atoms with Crippen LogP contribution in [0.5, 0.6) is 0 Å². The number of benzene rings is 10. The number of aliphatic imine (C=N–C) groups is 2. The van der Waals surface area contributed by atoms with Gasteiger partial charge in [0, 0.05) is 49.5 Å². The van der Waals surface area contributed by atoms with E-state index in [-0.39, 0.29) is 5.92 Å². The second-order valence-corrected chi connectivity index (χ2v) is 18.4. The van der Waals surface area contributed by atoms with E-state index in [0.717, 1.165) is 72.3 Å². The van der Waals surface area contributed by atoms with Gasteiger partial charge in [-0.1, -0.05) is 176 Å². The van der Waals surface area contributed by atoms with E-state index < -0.39 is 0 Å². The van der Waals surface area contributed by atoms with Crippen molar-refractivity contribution in [1.29, 1.82) is 0 Å². The zero-order chi connectivity index (χ0) is 45.2. The van der Waals surface area contributed by atoms with Crippen LogP contribution in [-0.2, 0) is 0 Å². The first-order chi connectivity index (χ1) is 34.2. The maximum absolute atomic E-state index is 6.72. The van der Waals surface area contributed by atoms with Crippen molar-refractivity contribution in [2.45, 2.75) is 12.3 Å². The third kappa shape index (κ3) is 5.65. The Labute approximate surface area is 396 Å². The summed E-state index contributed by atoms with van der Waals surface area (Å²) < 4.78 is 11.7. The van der Waals surface area contributed by atoms with Crippen LogP contribution in [0.1, 0.15) is 34.6 Å². The third-order valence-corrected chi connectivity index (χ3v) is 14.7. The molecule has 0 amide bonds. The third-order valence-electron chi connectivity index (χ3n) is 14.7. The largest absolute Gasteiger partial charge is 0.456 e. The molecular weight excluding hydrogens is 841 g/mol. The van der Waals surface area contributed by atoms with E-state index in [4.69, 9.17) is 14.4 Å². The van der Waals surface area contributed by atoms with Gasteiger partial charge >= 0.3 is 0 Å². The highest BCUT2D eigenvalue weighted by molar-refractivity contribution is 6.25. The van der Waals surface area contributed by atoms with Gasteiger partial charge in [-0.2, -0.15) is 0 Å². The average molecular weight is 881 g/mol. The van der Waals surface area contributed by atoms with Crippen LogP contribution in [0.3, 0.4) is 0 Å². The lowest BCUT2D eigenvalue weighted by Gasteiger charge is -2.23. The Morgan fingerprint density at radius 1 is 0.435 bits per heavy atom. The maximum Gasteiger partial charge on any atom is 0.160 e. The standard InChI is InChI=1S/C64H40N4O/c1-2-15-39(16-3-1)40-29-31-41(32-30-40)64-65-53(35-33-47-44-19-6-10-25-54(44)67-55-26-11-7-20-45(55)48-23-14-24-51(62(48)67)61(47)66-64)49-34-36-59-60(50-22-9-13-28-58(50)69-59)63(49)68-56-27-12-8-21-46(56)52-37-42-17-4-5-18-43(42)38-57(52)68/h1-32,34-38,47H,33H2/b53-35+,65-64-,66-61+. The minimum atomic E-state index is -0.0870. The molecule has 0 radical (unpaired) electrons. The zero-order valence-electron chi connectivity index (χ0n) is 37.3. The predicted octanol–water partition coefficient (Wildman–Crippen LogP) is 16.4. The van der Waals surface area contributed by atoms with Crippen molar-refractivity contribution >= 4 is 93.6 Å². The Bertz CT molecular complexity index is 4390. The molecule has 5 nitrogen and oxygen atoms in total. The van der Waals surface area contributed by atoms with Crippen LogP contribution in [0, 0.1) is 0 Å². The van der Waals surface area contributed by atoms with Crippen LogP contribution in [0.25, 0.3) is 105 Å². The molecule has 2 aliphatic heterocycles. The van der Waals surface area contributed by atoms with E-state index in [2.05, 4.69) is 234 Å². The molecule has 13 aromatic rings. The van der Waals surface area contributed by atoms with Crippen molar-refractivity contribution in [3.63, 3.8) is 0 Å². The minimum absolute atomic E-state index is 0.0870. The molecule has 0 saturated heterocycles. The minimum Gasteiger partial charge on any atom is -0.456 e. The summed E-state index contributed by atoms with van der Waals surface area (Å²) in [6, 6.07) is 78.7. The average Bonchev–Trinajstić information content (AvgIpc) is 4.04. The second-order valence-electron chi connectivity index (χ2n) is 18.4. The van der Waals surface area contributed by atoms with Crippen LogP contribution in [-0.4, -0.2) is 20.7 Å². The van der Waals surface area contributed by atoms with Crippen LogP contribution in [0.15, 0.2) is 239 Å². The van der Waals surface area contributed by atoms with Gasteiger partial charge in [-0.25, -0.2) is 9.98 Å². The van der Waals surface area contributed by atoms with Gasteiger partial charge in [0.25, 0.3) is 0 Å². The van der Waals surface area contributed by atoms with Crippen molar-refractivity contribution in [2.24, 2.45) is 9.98 Å². The highest BCUT2D eigenvalue weighted by Crippen LogP contribution is 2.46. The zero-order valence-corrected chi connectivity index (χ0v) is 37.3. The summed E-state index contributed by atoms with van der Waals surface area (Å²) >= 11 is 0. The Balaban J connectivity index is 1.05. The van der Waals surface area contributed by atoms with Gasteiger partial charge in [0.15, 0.2) is 5.84 Å². The molecule has 69 heavy (non-hydrogen) atoms. The van der Waals surface area contributed by atoms with E-state index in [0.29, 0.717) is 12.3 Å². The number of aromatic nitrogens is 2. The summed E-state index contributed by atoms with van der Waals surface area (Å²) in [6.45, 7) is 0. The summed E-state index contributed by atoms with van der Waals surface area (Å²) in [5.74, 6) is 0.576. The van der Waals surface area contributed by atoms with Gasteiger partial charge in [0.2, 0.25) is 0 Å². The molecule has 0 fully saturated rings. The Kier molecular flexibility index (Phi) is 8.13. The molecule has 5 heterocycles. The quantitative estimate of drug-likeness (QED) is 0.174. The normalized spacial score (nSPS) is 17.0. The van der Waals surface area contributed by atoms with Gasteiger partial charge < -0.3 is 13.6 Å². The number of para-hydroxylation sites is 5. The highest BCUT2D eigenvalue weighted by atomic mass is 16.3. The molecule has 10 aromatic carbocycles. The van der Waals surface area contributed by atoms with Gasteiger partial charge in [-0.05, 0) is 82.4 Å². The van der Waals surface area contributed by atoms with Gasteiger partial charge in [0.1, 0.15) is 11.2 Å². The van der Waals surface area contributed by atoms with E-state index in [1.807, 2.05) is 0 Å². The molecule has 0 N–H and O–H groups in total. The summed E-state index contributed by atoms with van der Waals surface area (Å²) in [5, 5.41) is 9.34. The van der Waals surface area contributed by atoms with Crippen molar-refractivity contribution in [3.05, 3.63) is 247 Å². The Morgan fingerprint density at radius 3 is 1.93 bits per heavy atom. The van der Waals surface area contributed by atoms with E-state index in [1.54, 1.807) is 0 Å². The monoisotopic (exact) mass is 880 g/mol. The topological polar surface area (TPSA) is 47.7 Å². The molecule has 322 valence electrons.